The van der Waals surface area contributed by atoms with Crippen LogP contribution in [0.1, 0.15) is 30.5 Å². The number of carbonyl (C=O) groups is 1. The SMILES string of the molecule is COc1cnc2cccc(CC[C@H]3CC[C@@H](NCc4ccc5c(n4)NC(=O)CS5)CO3)c2c1. The number of pyridine rings is 2. The van der Waals surface area contributed by atoms with E-state index in [1.54, 1.807) is 13.3 Å². The van der Waals surface area contributed by atoms with Gasteiger partial charge in [-0.3, -0.25) is 9.78 Å². The summed E-state index contributed by atoms with van der Waals surface area (Å²) in [5.41, 5.74) is 3.21. The van der Waals surface area contributed by atoms with Crippen LogP contribution in [0, 0.1) is 0 Å². The molecule has 0 saturated carbocycles. The van der Waals surface area contributed by atoms with Crippen LogP contribution in [-0.2, 0) is 22.5 Å². The van der Waals surface area contributed by atoms with Crippen molar-refractivity contribution in [2.24, 2.45) is 0 Å². The molecular weight excluding hydrogens is 436 g/mol. The van der Waals surface area contributed by atoms with Gasteiger partial charge in [0.2, 0.25) is 5.91 Å². The van der Waals surface area contributed by atoms with E-state index in [4.69, 9.17) is 9.47 Å². The first kappa shape index (κ1) is 22.1. The van der Waals surface area contributed by atoms with Crippen LogP contribution < -0.4 is 15.4 Å². The van der Waals surface area contributed by atoms with Gasteiger partial charge in [-0.1, -0.05) is 12.1 Å². The molecule has 2 N–H and O–H groups in total. The summed E-state index contributed by atoms with van der Waals surface area (Å²) in [4.78, 5) is 21.7. The Morgan fingerprint density at radius 3 is 3.06 bits per heavy atom. The molecule has 8 heteroatoms. The van der Waals surface area contributed by atoms with Gasteiger partial charge in [-0.05, 0) is 55.5 Å². The van der Waals surface area contributed by atoms with E-state index in [2.05, 4.69) is 38.8 Å². The average Bonchev–Trinajstić information content (AvgIpc) is 2.86. The van der Waals surface area contributed by atoms with Crippen LogP contribution in [-0.4, -0.2) is 47.5 Å². The van der Waals surface area contributed by atoms with Crippen LogP contribution in [0.25, 0.3) is 10.9 Å². The number of thioether (sulfide) groups is 1. The third kappa shape index (κ3) is 5.29. The number of aryl methyl sites for hydroxylation is 1. The lowest BCUT2D eigenvalue weighted by atomic mass is 9.97. The number of fused-ring (bicyclic) bond motifs is 2. The minimum Gasteiger partial charge on any atom is -0.495 e. The van der Waals surface area contributed by atoms with Crippen LogP contribution in [0.5, 0.6) is 5.75 Å². The van der Waals surface area contributed by atoms with Crippen molar-refractivity contribution in [2.45, 2.75) is 49.3 Å². The second kappa shape index (κ2) is 10.1. The Hall–Kier alpha value is -2.68. The lowest BCUT2D eigenvalue weighted by molar-refractivity contribution is -0.113. The third-order valence-electron chi connectivity index (χ3n) is 6.24. The molecule has 33 heavy (non-hydrogen) atoms. The molecule has 0 unspecified atom stereocenters. The van der Waals surface area contributed by atoms with Crippen molar-refractivity contribution in [3.05, 3.63) is 53.9 Å². The van der Waals surface area contributed by atoms with Crippen molar-refractivity contribution in [1.82, 2.24) is 15.3 Å². The molecular formula is C25H28N4O3S. The Bertz CT molecular complexity index is 1150. The van der Waals surface area contributed by atoms with Crippen LogP contribution in [0.3, 0.4) is 0 Å². The lowest BCUT2D eigenvalue weighted by Gasteiger charge is -2.30. The fraction of sp³-hybridized carbons (Fsp3) is 0.400. The number of amides is 1. The number of hydrogen-bond acceptors (Lipinski definition) is 7. The van der Waals surface area contributed by atoms with Gasteiger partial charge in [-0.15, -0.1) is 11.8 Å². The smallest absolute Gasteiger partial charge is 0.235 e. The molecule has 0 bridgehead atoms. The highest BCUT2D eigenvalue weighted by atomic mass is 32.2. The minimum atomic E-state index is 0.00994. The Morgan fingerprint density at radius 2 is 2.21 bits per heavy atom. The number of anilines is 1. The van der Waals surface area contributed by atoms with Gasteiger partial charge in [0.15, 0.2) is 0 Å². The van der Waals surface area contributed by atoms with E-state index >= 15 is 0 Å². The molecule has 3 aromatic rings. The fourth-order valence-corrected chi connectivity index (χ4v) is 5.14. The fourth-order valence-electron chi connectivity index (χ4n) is 4.38. The number of methoxy groups -OCH3 is 1. The molecule has 1 aromatic carbocycles. The molecule has 1 saturated heterocycles. The molecule has 5 rings (SSSR count). The number of aromatic nitrogens is 2. The van der Waals surface area contributed by atoms with Gasteiger partial charge in [0.1, 0.15) is 11.6 Å². The molecule has 0 aliphatic carbocycles. The predicted molar refractivity (Wildman–Crippen MR) is 130 cm³/mol. The maximum atomic E-state index is 11.6. The van der Waals surface area contributed by atoms with Gasteiger partial charge in [-0.25, -0.2) is 4.98 Å². The highest BCUT2D eigenvalue weighted by molar-refractivity contribution is 8.00. The van der Waals surface area contributed by atoms with Gasteiger partial charge in [0, 0.05) is 18.0 Å². The van der Waals surface area contributed by atoms with Crippen molar-refractivity contribution in [3.63, 3.8) is 0 Å². The molecule has 2 aliphatic heterocycles. The first-order chi connectivity index (χ1) is 16.2. The second-order valence-electron chi connectivity index (χ2n) is 8.49. The van der Waals surface area contributed by atoms with E-state index in [1.165, 1.54) is 17.3 Å². The number of rotatable bonds is 7. The van der Waals surface area contributed by atoms with E-state index in [0.29, 0.717) is 30.8 Å². The number of benzene rings is 1. The highest BCUT2D eigenvalue weighted by Crippen LogP contribution is 2.30. The Morgan fingerprint density at radius 1 is 1.27 bits per heavy atom. The summed E-state index contributed by atoms with van der Waals surface area (Å²) in [6, 6.07) is 12.7. The maximum absolute atomic E-state index is 11.6. The van der Waals surface area contributed by atoms with E-state index in [0.717, 1.165) is 52.9 Å². The first-order valence-corrected chi connectivity index (χ1v) is 12.4. The standard InChI is InChI=1S/C25H28N4O3S/c1-31-20-11-21-16(3-2-4-22(21)27-13-20)5-8-19-9-6-18(14-32-19)26-12-17-7-10-23-25(28-17)29-24(30)15-33-23/h2-4,7,10-11,13,18-19,26H,5-6,8-9,12,14-15H2,1H3,(H,28,29,30)/t18-,19+/m1/s1. The Labute approximate surface area is 197 Å². The second-order valence-corrected chi connectivity index (χ2v) is 9.51. The molecule has 172 valence electrons. The van der Waals surface area contributed by atoms with E-state index in [1.807, 2.05) is 18.2 Å². The summed E-state index contributed by atoms with van der Waals surface area (Å²) in [6.07, 6.45) is 6.09. The van der Waals surface area contributed by atoms with Crippen molar-refractivity contribution in [2.75, 3.05) is 24.8 Å². The maximum Gasteiger partial charge on any atom is 0.235 e. The van der Waals surface area contributed by atoms with Crippen LogP contribution in [0.4, 0.5) is 5.82 Å². The van der Waals surface area contributed by atoms with E-state index in [9.17, 15) is 4.79 Å². The largest absolute Gasteiger partial charge is 0.495 e. The number of hydrogen-bond donors (Lipinski definition) is 2. The summed E-state index contributed by atoms with van der Waals surface area (Å²) >= 11 is 1.53. The summed E-state index contributed by atoms with van der Waals surface area (Å²) in [7, 11) is 1.67. The van der Waals surface area contributed by atoms with Gasteiger partial charge >= 0.3 is 0 Å². The zero-order valence-electron chi connectivity index (χ0n) is 18.7. The van der Waals surface area contributed by atoms with Crippen molar-refractivity contribution in [1.29, 1.82) is 0 Å². The summed E-state index contributed by atoms with van der Waals surface area (Å²) in [5.74, 6) is 1.93. The van der Waals surface area contributed by atoms with Crippen LogP contribution in [0.2, 0.25) is 0 Å². The van der Waals surface area contributed by atoms with Gasteiger partial charge in [0.25, 0.3) is 0 Å². The van der Waals surface area contributed by atoms with Gasteiger partial charge in [-0.2, -0.15) is 0 Å². The van der Waals surface area contributed by atoms with E-state index in [-0.39, 0.29) is 12.0 Å². The molecule has 2 atom stereocenters. The van der Waals surface area contributed by atoms with Gasteiger partial charge in [0.05, 0.1) is 47.9 Å². The van der Waals surface area contributed by atoms with E-state index < -0.39 is 0 Å². The summed E-state index contributed by atoms with van der Waals surface area (Å²) in [6.45, 7) is 1.37. The highest BCUT2D eigenvalue weighted by Gasteiger charge is 2.22. The molecule has 0 spiro atoms. The number of ether oxygens (including phenoxy) is 2. The first-order valence-electron chi connectivity index (χ1n) is 11.4. The number of nitrogens with one attached hydrogen (secondary N) is 2. The average molecular weight is 465 g/mol. The van der Waals surface area contributed by atoms with Crippen molar-refractivity contribution >= 4 is 34.4 Å². The molecule has 7 nitrogen and oxygen atoms in total. The van der Waals surface area contributed by atoms with Gasteiger partial charge < -0.3 is 20.1 Å². The zero-order chi connectivity index (χ0) is 22.6. The summed E-state index contributed by atoms with van der Waals surface area (Å²) < 4.78 is 11.5. The normalized spacial score (nSPS) is 20.3. The quantitative estimate of drug-likeness (QED) is 0.548. The molecule has 1 fully saturated rings. The monoisotopic (exact) mass is 464 g/mol. The Kier molecular flexibility index (Phi) is 6.75. The number of carbonyl (C=O) groups excluding carboxylic acids is 1. The molecule has 4 heterocycles. The topological polar surface area (TPSA) is 85.4 Å². The number of nitrogens with zero attached hydrogens (tertiary/aromatic N) is 2. The summed E-state index contributed by atoms with van der Waals surface area (Å²) in [5, 5.41) is 7.56. The lowest BCUT2D eigenvalue weighted by Crippen LogP contribution is -2.39. The third-order valence-corrected chi connectivity index (χ3v) is 7.28. The Balaban J connectivity index is 1.11. The van der Waals surface area contributed by atoms with Crippen LogP contribution >= 0.6 is 11.8 Å². The molecule has 2 aromatic heterocycles. The minimum absolute atomic E-state index is 0.00994. The zero-order valence-corrected chi connectivity index (χ0v) is 19.5. The van der Waals surface area contributed by atoms with Crippen molar-refractivity contribution < 1.29 is 14.3 Å². The molecule has 2 aliphatic rings. The van der Waals surface area contributed by atoms with Crippen LogP contribution in [0.15, 0.2) is 47.5 Å². The molecule has 1 amide bonds. The van der Waals surface area contributed by atoms with Crippen molar-refractivity contribution in [3.8, 4) is 5.75 Å². The predicted octanol–water partition coefficient (Wildman–Crippen LogP) is 3.95. The molecule has 0 radical (unpaired) electrons.